The summed E-state index contributed by atoms with van der Waals surface area (Å²) in [6.07, 6.45) is 0.941. The van der Waals surface area contributed by atoms with Gasteiger partial charge in [-0.3, -0.25) is 4.79 Å². The maximum atomic E-state index is 10.8. The van der Waals surface area contributed by atoms with Crippen LogP contribution in [0.4, 0.5) is 5.00 Å². The lowest BCUT2D eigenvalue weighted by Crippen LogP contribution is -2.26. The number of hydrogen-bond donors (Lipinski definition) is 1. The lowest BCUT2D eigenvalue weighted by Gasteiger charge is -2.16. The maximum Gasteiger partial charge on any atom is 0.160 e. The Balaban J connectivity index is 2.00. The number of thiophene rings is 3. The Labute approximate surface area is 123 Å². The molecule has 6 heteroatoms. The van der Waals surface area contributed by atoms with Gasteiger partial charge in [-0.1, -0.05) is 0 Å². The van der Waals surface area contributed by atoms with Crippen LogP contribution in [0.1, 0.15) is 9.67 Å². The van der Waals surface area contributed by atoms with Crippen molar-refractivity contribution in [3.8, 4) is 0 Å². The van der Waals surface area contributed by atoms with E-state index in [9.17, 15) is 4.79 Å². The van der Waals surface area contributed by atoms with Crippen LogP contribution in [0.3, 0.4) is 0 Å². The summed E-state index contributed by atoms with van der Waals surface area (Å²) in [4.78, 5) is 13.9. The summed E-state index contributed by atoms with van der Waals surface area (Å²) in [6, 6.07) is 4.25. The molecule has 0 aliphatic heterocycles. The second-order valence-corrected chi connectivity index (χ2v) is 7.56. The molecule has 1 N–H and O–H groups in total. The summed E-state index contributed by atoms with van der Waals surface area (Å²) in [6.45, 7) is 1.98. The number of carbonyl (C=O) groups is 1. The predicted molar refractivity (Wildman–Crippen MR) is 87.7 cm³/mol. The van der Waals surface area contributed by atoms with Crippen molar-refractivity contribution < 1.29 is 4.79 Å². The van der Waals surface area contributed by atoms with Crippen molar-refractivity contribution in [2.75, 3.05) is 32.1 Å². The van der Waals surface area contributed by atoms with Crippen molar-refractivity contribution in [2.24, 2.45) is 0 Å². The Bertz CT molecular complexity index is 725. The van der Waals surface area contributed by atoms with Crippen molar-refractivity contribution in [3.05, 3.63) is 17.0 Å². The van der Waals surface area contributed by atoms with Gasteiger partial charge in [0.15, 0.2) is 6.29 Å². The first kappa shape index (κ1) is 13.1. The second kappa shape index (κ2) is 5.20. The normalized spacial score (nSPS) is 11.5. The lowest BCUT2D eigenvalue weighted by molar-refractivity contribution is 0.112. The zero-order valence-electron chi connectivity index (χ0n) is 10.7. The van der Waals surface area contributed by atoms with Crippen LogP contribution in [-0.2, 0) is 0 Å². The van der Waals surface area contributed by atoms with E-state index < -0.39 is 0 Å². The largest absolute Gasteiger partial charge is 0.365 e. The van der Waals surface area contributed by atoms with Crippen molar-refractivity contribution in [1.82, 2.24) is 5.32 Å². The molecule has 0 spiro atoms. The highest BCUT2D eigenvalue weighted by Gasteiger charge is 2.14. The van der Waals surface area contributed by atoms with E-state index in [1.165, 1.54) is 23.8 Å². The van der Waals surface area contributed by atoms with Gasteiger partial charge in [0.05, 0.1) is 19.3 Å². The van der Waals surface area contributed by atoms with Gasteiger partial charge in [0.25, 0.3) is 0 Å². The van der Waals surface area contributed by atoms with Gasteiger partial charge in [-0.25, -0.2) is 0 Å². The molecule has 3 aromatic heterocycles. The van der Waals surface area contributed by atoms with Crippen LogP contribution in [0.5, 0.6) is 0 Å². The third-order valence-electron chi connectivity index (χ3n) is 3.02. The van der Waals surface area contributed by atoms with Gasteiger partial charge >= 0.3 is 0 Å². The number of hydrogen-bond acceptors (Lipinski definition) is 6. The van der Waals surface area contributed by atoms with Crippen molar-refractivity contribution >= 4 is 64.1 Å². The van der Waals surface area contributed by atoms with E-state index in [0.29, 0.717) is 0 Å². The van der Waals surface area contributed by atoms with Crippen molar-refractivity contribution in [1.29, 1.82) is 0 Å². The summed E-state index contributed by atoms with van der Waals surface area (Å²) in [5.41, 5.74) is 0. The number of rotatable bonds is 5. The van der Waals surface area contributed by atoms with Gasteiger partial charge in [0.1, 0.15) is 0 Å². The van der Waals surface area contributed by atoms with E-state index in [2.05, 4.69) is 23.3 Å². The molecule has 0 unspecified atom stereocenters. The topological polar surface area (TPSA) is 32.3 Å². The van der Waals surface area contributed by atoms with E-state index in [0.717, 1.165) is 24.3 Å². The van der Waals surface area contributed by atoms with E-state index in [1.807, 2.05) is 24.5 Å². The van der Waals surface area contributed by atoms with Crippen molar-refractivity contribution in [2.45, 2.75) is 0 Å². The van der Waals surface area contributed by atoms with Crippen LogP contribution < -0.4 is 10.2 Å². The zero-order chi connectivity index (χ0) is 13.4. The van der Waals surface area contributed by atoms with Gasteiger partial charge < -0.3 is 10.2 Å². The number of likely N-dealkylation sites (N-methyl/N-ethyl adjacent to an activating group) is 2. The van der Waals surface area contributed by atoms with Crippen LogP contribution in [0.2, 0.25) is 0 Å². The molecule has 0 bridgehead atoms. The zero-order valence-corrected chi connectivity index (χ0v) is 13.2. The molecule has 3 rings (SSSR count). The Kier molecular flexibility index (Phi) is 3.58. The molecule has 100 valence electrons. The van der Waals surface area contributed by atoms with Crippen molar-refractivity contribution in [3.63, 3.8) is 0 Å². The average molecular weight is 310 g/mol. The fraction of sp³-hybridized carbons (Fsp3) is 0.308. The number of carbonyl (C=O) groups excluding carboxylic acids is 1. The molecule has 3 nitrogen and oxygen atoms in total. The molecule has 0 saturated heterocycles. The summed E-state index contributed by atoms with van der Waals surface area (Å²) < 4.78 is 5.15. The number of aldehydes is 1. The molecule has 0 radical (unpaired) electrons. The summed E-state index contributed by atoms with van der Waals surface area (Å²) in [5.74, 6) is 0. The van der Waals surface area contributed by atoms with Gasteiger partial charge in [0.2, 0.25) is 0 Å². The van der Waals surface area contributed by atoms with E-state index in [1.54, 1.807) is 22.7 Å². The Morgan fingerprint density at radius 2 is 1.95 bits per heavy atom. The number of nitrogens with zero attached hydrogens (tertiary/aromatic N) is 1. The minimum Gasteiger partial charge on any atom is -0.365 e. The van der Waals surface area contributed by atoms with Crippen LogP contribution in [0.25, 0.3) is 18.8 Å². The molecular formula is C13H14N2OS3. The molecule has 3 aromatic rings. The molecule has 0 aliphatic carbocycles. The Morgan fingerprint density at radius 1 is 1.21 bits per heavy atom. The maximum absolute atomic E-state index is 10.8. The second-order valence-electron chi connectivity index (χ2n) is 4.37. The Hall–Kier alpha value is -0.950. The molecule has 3 heterocycles. The van der Waals surface area contributed by atoms with E-state index in [4.69, 9.17) is 0 Å². The number of nitrogens with one attached hydrogen (secondary N) is 1. The minimum atomic E-state index is 0.821. The first-order chi connectivity index (χ1) is 9.22. The van der Waals surface area contributed by atoms with E-state index in [-0.39, 0.29) is 0 Å². The van der Waals surface area contributed by atoms with Crippen LogP contribution in [0, 0.1) is 0 Å². The molecule has 0 saturated carbocycles. The number of anilines is 1. The highest BCUT2D eigenvalue weighted by molar-refractivity contribution is 7.39. The highest BCUT2D eigenvalue weighted by Crippen LogP contribution is 2.45. The molecule has 0 aliphatic rings. The molecular weight excluding hydrogens is 296 g/mol. The third kappa shape index (κ3) is 2.29. The molecule has 0 aromatic carbocycles. The van der Waals surface area contributed by atoms with Gasteiger partial charge in [0, 0.05) is 29.5 Å². The SMILES string of the molecule is CNCCN(C)c1cc2sc3cc(C=O)sc3c2s1. The first-order valence-electron chi connectivity index (χ1n) is 5.99. The smallest absolute Gasteiger partial charge is 0.160 e. The summed E-state index contributed by atoms with van der Waals surface area (Å²) in [5, 5.41) is 4.46. The first-order valence-corrected chi connectivity index (χ1v) is 8.44. The van der Waals surface area contributed by atoms with Crippen LogP contribution >= 0.6 is 34.0 Å². The van der Waals surface area contributed by atoms with E-state index >= 15 is 0 Å². The van der Waals surface area contributed by atoms with Gasteiger partial charge in [-0.15, -0.1) is 34.0 Å². The molecule has 0 atom stereocenters. The lowest BCUT2D eigenvalue weighted by atomic mass is 10.4. The van der Waals surface area contributed by atoms with Gasteiger partial charge in [-0.2, -0.15) is 0 Å². The summed E-state index contributed by atoms with van der Waals surface area (Å²) in [7, 11) is 4.09. The third-order valence-corrected chi connectivity index (χ3v) is 6.83. The minimum absolute atomic E-state index is 0.821. The summed E-state index contributed by atoms with van der Waals surface area (Å²) >= 11 is 5.20. The fourth-order valence-corrected chi connectivity index (χ4v) is 5.81. The van der Waals surface area contributed by atoms with Gasteiger partial charge in [-0.05, 0) is 19.2 Å². The molecule has 0 amide bonds. The predicted octanol–water partition coefficient (Wildman–Crippen LogP) is 3.65. The van der Waals surface area contributed by atoms with Crippen LogP contribution in [-0.4, -0.2) is 33.5 Å². The number of fused-ring (bicyclic) bond motifs is 3. The standard InChI is InChI=1S/C13H14N2OS3/c1-14-3-4-15(2)11-6-10-13(19-11)12-9(18-10)5-8(7-16)17-12/h5-7,14H,3-4H2,1-2H3. The average Bonchev–Trinajstić information content (AvgIpc) is 3.04. The highest BCUT2D eigenvalue weighted by atomic mass is 32.1. The van der Waals surface area contributed by atoms with Crippen LogP contribution in [0.15, 0.2) is 12.1 Å². The molecule has 0 fully saturated rings. The fourth-order valence-electron chi connectivity index (χ4n) is 1.98. The Morgan fingerprint density at radius 3 is 2.68 bits per heavy atom. The quantitative estimate of drug-likeness (QED) is 0.730. The monoisotopic (exact) mass is 310 g/mol. The molecule has 19 heavy (non-hydrogen) atoms.